The van der Waals surface area contributed by atoms with Crippen LogP contribution in [-0.2, 0) is 16.1 Å². The normalized spacial score (nSPS) is 17.5. The highest BCUT2D eigenvalue weighted by Crippen LogP contribution is 2.41. The number of methoxy groups -OCH3 is 1. The summed E-state index contributed by atoms with van der Waals surface area (Å²) in [7, 11) is 1.50. The topological polar surface area (TPSA) is 123 Å². The predicted molar refractivity (Wildman–Crippen MR) is 113 cm³/mol. The van der Waals surface area contributed by atoms with Crippen molar-refractivity contribution in [2.75, 3.05) is 7.11 Å². The summed E-state index contributed by atoms with van der Waals surface area (Å²) in [5, 5.41) is 22.3. The van der Waals surface area contributed by atoms with E-state index in [-0.39, 0.29) is 23.6 Å². The molecule has 1 atom stereocenters. The maximum absolute atomic E-state index is 13.0. The number of ketones is 1. The highest BCUT2D eigenvalue weighted by atomic mass is 16.6. The number of furan rings is 1. The molecule has 1 fully saturated rings. The number of nitrogens with zero attached hydrogens (tertiary/aromatic N) is 2. The fourth-order valence-corrected chi connectivity index (χ4v) is 3.67. The zero-order chi connectivity index (χ0) is 22.8. The summed E-state index contributed by atoms with van der Waals surface area (Å²) in [5.74, 6) is -1.14. The Balaban J connectivity index is 1.87. The SMILES string of the molecule is COc1ccc(/C(O)=C2\C(=O)C(=O)N(Cc3ccco3)[C@@H]2c2cccc([N+](=O)[O-])c2)cc1. The lowest BCUT2D eigenvalue weighted by Gasteiger charge is -2.24. The Morgan fingerprint density at radius 1 is 1.16 bits per heavy atom. The Labute approximate surface area is 182 Å². The van der Waals surface area contributed by atoms with Crippen molar-refractivity contribution in [3.63, 3.8) is 0 Å². The van der Waals surface area contributed by atoms with Crippen LogP contribution in [0.15, 0.2) is 76.9 Å². The maximum atomic E-state index is 13.0. The molecule has 0 bridgehead atoms. The molecule has 1 aliphatic heterocycles. The molecule has 1 amide bonds. The molecule has 9 heteroatoms. The summed E-state index contributed by atoms with van der Waals surface area (Å²) in [6.45, 7) is -0.0513. The van der Waals surface area contributed by atoms with E-state index in [0.717, 1.165) is 0 Å². The lowest BCUT2D eigenvalue weighted by molar-refractivity contribution is -0.384. The number of likely N-dealkylation sites (tertiary alicyclic amines) is 1. The van der Waals surface area contributed by atoms with E-state index >= 15 is 0 Å². The van der Waals surface area contributed by atoms with E-state index in [2.05, 4.69) is 0 Å². The van der Waals surface area contributed by atoms with Crippen LogP contribution in [-0.4, -0.2) is 33.7 Å². The average molecular weight is 434 g/mol. The first-order chi connectivity index (χ1) is 15.4. The van der Waals surface area contributed by atoms with Crippen molar-refractivity contribution in [3.8, 4) is 5.75 Å². The molecular formula is C23H18N2O7. The molecule has 2 heterocycles. The Bertz CT molecular complexity index is 1210. The number of amides is 1. The quantitative estimate of drug-likeness (QED) is 0.206. The Morgan fingerprint density at radius 2 is 1.91 bits per heavy atom. The minimum atomic E-state index is -1.04. The van der Waals surface area contributed by atoms with Crippen molar-refractivity contribution in [2.24, 2.45) is 0 Å². The Morgan fingerprint density at radius 3 is 2.53 bits per heavy atom. The van der Waals surface area contributed by atoms with Gasteiger partial charge in [-0.1, -0.05) is 12.1 Å². The highest BCUT2D eigenvalue weighted by Gasteiger charge is 2.46. The van der Waals surface area contributed by atoms with E-state index in [0.29, 0.717) is 22.6 Å². The van der Waals surface area contributed by atoms with E-state index in [1.54, 1.807) is 42.5 Å². The zero-order valence-electron chi connectivity index (χ0n) is 16.9. The number of aliphatic hydroxyl groups excluding tert-OH is 1. The largest absolute Gasteiger partial charge is 0.507 e. The van der Waals surface area contributed by atoms with Gasteiger partial charge in [-0.25, -0.2) is 0 Å². The predicted octanol–water partition coefficient (Wildman–Crippen LogP) is 3.82. The number of benzene rings is 2. The molecule has 1 saturated heterocycles. The van der Waals surface area contributed by atoms with Crippen LogP contribution in [0.4, 0.5) is 5.69 Å². The van der Waals surface area contributed by atoms with Crippen LogP contribution in [0.3, 0.4) is 0 Å². The molecule has 1 N–H and O–H groups in total. The third kappa shape index (κ3) is 3.71. The van der Waals surface area contributed by atoms with E-state index in [1.807, 2.05) is 0 Å². The smallest absolute Gasteiger partial charge is 0.296 e. The van der Waals surface area contributed by atoms with E-state index in [1.165, 1.54) is 36.5 Å². The van der Waals surface area contributed by atoms with Crippen LogP contribution < -0.4 is 4.74 Å². The van der Waals surface area contributed by atoms with Crippen molar-refractivity contribution >= 4 is 23.1 Å². The molecule has 0 spiro atoms. The van der Waals surface area contributed by atoms with Crippen LogP contribution in [0.2, 0.25) is 0 Å². The Hall–Kier alpha value is -4.40. The third-order valence-electron chi connectivity index (χ3n) is 5.21. The molecule has 9 nitrogen and oxygen atoms in total. The number of hydrogen-bond acceptors (Lipinski definition) is 7. The van der Waals surface area contributed by atoms with Gasteiger partial charge in [0.15, 0.2) is 0 Å². The number of carbonyl (C=O) groups excluding carboxylic acids is 2. The van der Waals surface area contributed by atoms with Gasteiger partial charge in [0.25, 0.3) is 17.4 Å². The zero-order valence-corrected chi connectivity index (χ0v) is 16.9. The van der Waals surface area contributed by atoms with Gasteiger partial charge in [0.1, 0.15) is 17.3 Å². The number of carbonyl (C=O) groups is 2. The summed E-state index contributed by atoms with van der Waals surface area (Å²) in [5.41, 5.74) is 0.264. The molecule has 32 heavy (non-hydrogen) atoms. The van der Waals surface area contributed by atoms with Gasteiger partial charge in [-0.15, -0.1) is 0 Å². The fourth-order valence-electron chi connectivity index (χ4n) is 3.67. The van der Waals surface area contributed by atoms with Crippen molar-refractivity contribution in [2.45, 2.75) is 12.6 Å². The van der Waals surface area contributed by atoms with Gasteiger partial charge in [0.05, 0.1) is 36.5 Å². The summed E-state index contributed by atoms with van der Waals surface area (Å²) in [4.78, 5) is 37.9. The molecule has 2 aromatic carbocycles. The van der Waals surface area contributed by atoms with Crippen LogP contribution in [0, 0.1) is 10.1 Å². The monoisotopic (exact) mass is 434 g/mol. The molecule has 162 valence electrons. The number of nitro groups is 1. The number of aliphatic hydroxyl groups is 1. The molecule has 4 rings (SSSR count). The second-order valence-corrected chi connectivity index (χ2v) is 7.09. The summed E-state index contributed by atoms with van der Waals surface area (Å²) >= 11 is 0. The lowest BCUT2D eigenvalue weighted by atomic mass is 9.95. The highest BCUT2D eigenvalue weighted by molar-refractivity contribution is 6.46. The second-order valence-electron chi connectivity index (χ2n) is 7.09. The molecule has 3 aromatic rings. The molecule has 1 aromatic heterocycles. The molecule has 0 unspecified atom stereocenters. The average Bonchev–Trinajstić information content (AvgIpc) is 3.41. The van der Waals surface area contributed by atoms with Gasteiger partial charge in [0.2, 0.25) is 0 Å². The van der Waals surface area contributed by atoms with Gasteiger partial charge in [0, 0.05) is 17.7 Å². The Kier molecular flexibility index (Phi) is 5.46. The molecule has 1 aliphatic rings. The summed E-state index contributed by atoms with van der Waals surface area (Å²) < 4.78 is 10.4. The first-order valence-corrected chi connectivity index (χ1v) is 9.60. The first-order valence-electron chi connectivity index (χ1n) is 9.60. The number of hydrogen-bond donors (Lipinski definition) is 1. The number of Topliss-reactive ketones (excluding diaryl/α,β-unsaturated/α-hetero) is 1. The van der Waals surface area contributed by atoms with Gasteiger partial charge in [-0.2, -0.15) is 0 Å². The molecular weight excluding hydrogens is 416 g/mol. The summed E-state index contributed by atoms with van der Waals surface area (Å²) in [6, 6.07) is 14.2. The summed E-state index contributed by atoms with van der Waals surface area (Å²) in [6.07, 6.45) is 1.44. The van der Waals surface area contributed by atoms with Crippen LogP contribution in [0.1, 0.15) is 22.9 Å². The van der Waals surface area contributed by atoms with Crippen molar-refractivity contribution in [1.82, 2.24) is 4.90 Å². The lowest BCUT2D eigenvalue weighted by Crippen LogP contribution is -2.29. The molecule has 0 radical (unpaired) electrons. The minimum Gasteiger partial charge on any atom is -0.507 e. The van der Waals surface area contributed by atoms with Gasteiger partial charge in [-0.05, 0) is 42.0 Å². The van der Waals surface area contributed by atoms with Crippen molar-refractivity contribution in [1.29, 1.82) is 0 Å². The maximum Gasteiger partial charge on any atom is 0.296 e. The first kappa shape index (κ1) is 20.9. The van der Waals surface area contributed by atoms with Crippen LogP contribution in [0.25, 0.3) is 5.76 Å². The standard InChI is InChI=1S/C23H18N2O7/c1-31-17-9-7-14(8-10-17)21(26)19-20(15-4-2-5-16(12-15)25(29)30)24(23(28)22(19)27)13-18-6-3-11-32-18/h2-12,20,26H,13H2,1H3/b21-19+/t20-/m1/s1. The van der Waals surface area contributed by atoms with Gasteiger partial charge in [-0.3, -0.25) is 19.7 Å². The van der Waals surface area contributed by atoms with Crippen LogP contribution in [0.5, 0.6) is 5.75 Å². The van der Waals surface area contributed by atoms with E-state index < -0.39 is 22.7 Å². The molecule has 0 aliphatic carbocycles. The fraction of sp³-hybridized carbons (Fsp3) is 0.130. The van der Waals surface area contributed by atoms with Crippen molar-refractivity contribution < 1.29 is 28.8 Å². The van der Waals surface area contributed by atoms with Gasteiger partial charge >= 0.3 is 0 Å². The second kappa shape index (κ2) is 8.38. The number of rotatable bonds is 6. The minimum absolute atomic E-state index is 0.0513. The number of non-ortho nitro benzene ring substituents is 1. The van der Waals surface area contributed by atoms with Crippen LogP contribution >= 0.6 is 0 Å². The van der Waals surface area contributed by atoms with E-state index in [4.69, 9.17) is 9.15 Å². The molecule has 0 saturated carbocycles. The number of ether oxygens (including phenoxy) is 1. The van der Waals surface area contributed by atoms with Gasteiger partial charge < -0.3 is 19.2 Å². The number of nitro benzene ring substituents is 1. The van der Waals surface area contributed by atoms with E-state index in [9.17, 15) is 24.8 Å². The third-order valence-corrected chi connectivity index (χ3v) is 5.21. The van der Waals surface area contributed by atoms with Crippen molar-refractivity contribution in [3.05, 3.63) is 99.5 Å².